The van der Waals surface area contributed by atoms with E-state index in [9.17, 15) is 20.0 Å². The first-order valence-corrected chi connectivity index (χ1v) is 4.13. The molecule has 0 bridgehead atoms. The van der Waals surface area contributed by atoms with E-state index in [-0.39, 0.29) is 11.5 Å². The lowest BCUT2D eigenvalue weighted by Gasteiger charge is -1.99. The number of aromatic hydroxyl groups is 1. The molecule has 1 aromatic carbocycles. The minimum atomic E-state index is -0.693. The van der Waals surface area contributed by atoms with Crippen LogP contribution in [-0.4, -0.2) is 15.8 Å². The summed E-state index contributed by atoms with van der Waals surface area (Å²) in [6.45, 7) is 0. The molecule has 0 unspecified atom stereocenters. The average molecular weight is 193 g/mol. The Hall–Kier alpha value is -1.91. The number of carbonyl (C=O) groups is 1. The largest absolute Gasteiger partial charge is 0.502 e. The Bertz CT molecular complexity index is 438. The van der Waals surface area contributed by atoms with Gasteiger partial charge < -0.3 is 5.11 Å². The minimum Gasteiger partial charge on any atom is -0.502 e. The first kappa shape index (κ1) is 8.68. The number of Topliss-reactive ketones (excluding diaryl/α,β-unsaturated/α-hetero) is 1. The van der Waals surface area contributed by atoms with Gasteiger partial charge in [-0.05, 0) is 18.1 Å². The van der Waals surface area contributed by atoms with Gasteiger partial charge in [0.1, 0.15) is 0 Å². The topological polar surface area (TPSA) is 80.4 Å². The van der Waals surface area contributed by atoms with Gasteiger partial charge in [0.15, 0.2) is 11.5 Å². The van der Waals surface area contributed by atoms with Crippen LogP contribution in [0.1, 0.15) is 22.3 Å². The van der Waals surface area contributed by atoms with Crippen molar-refractivity contribution >= 4 is 11.5 Å². The standard InChI is InChI=1S/C9H7NO4/c11-8-2-1-5-3-9(12)7(10(13)14)4-6(5)8/h3-4,12H,1-2H2. The number of benzene rings is 1. The number of nitrogens with zero attached hydrogens (tertiary/aromatic N) is 1. The van der Waals surface area contributed by atoms with Crippen molar-refractivity contribution in [3.8, 4) is 5.75 Å². The molecule has 1 aliphatic carbocycles. The summed E-state index contributed by atoms with van der Waals surface area (Å²) in [4.78, 5) is 21.0. The molecule has 14 heavy (non-hydrogen) atoms. The van der Waals surface area contributed by atoms with E-state index in [1.807, 2.05) is 0 Å². The maximum atomic E-state index is 11.2. The molecule has 0 aliphatic heterocycles. The molecule has 0 radical (unpaired) electrons. The SMILES string of the molecule is O=C1CCc2cc(O)c([N+](=O)[O-])cc21. The molecule has 0 fully saturated rings. The number of carbonyl (C=O) groups excluding carboxylic acids is 1. The molecular weight excluding hydrogens is 186 g/mol. The predicted molar refractivity (Wildman–Crippen MR) is 47.4 cm³/mol. The first-order valence-electron chi connectivity index (χ1n) is 4.13. The Morgan fingerprint density at radius 2 is 2.07 bits per heavy atom. The Morgan fingerprint density at radius 3 is 2.71 bits per heavy atom. The Kier molecular flexibility index (Phi) is 1.73. The second-order valence-electron chi connectivity index (χ2n) is 3.18. The van der Waals surface area contributed by atoms with Crippen LogP contribution in [0.3, 0.4) is 0 Å². The molecule has 0 aromatic heterocycles. The monoisotopic (exact) mass is 193 g/mol. The molecule has 0 spiro atoms. The zero-order valence-electron chi connectivity index (χ0n) is 7.19. The van der Waals surface area contributed by atoms with Crippen molar-refractivity contribution in [2.24, 2.45) is 0 Å². The molecular formula is C9H7NO4. The number of ketones is 1. The van der Waals surface area contributed by atoms with E-state index in [1.54, 1.807) is 0 Å². The van der Waals surface area contributed by atoms with Crippen LogP contribution < -0.4 is 0 Å². The zero-order valence-corrected chi connectivity index (χ0v) is 7.19. The molecule has 0 saturated carbocycles. The van der Waals surface area contributed by atoms with E-state index in [0.29, 0.717) is 24.0 Å². The van der Waals surface area contributed by atoms with E-state index >= 15 is 0 Å². The fourth-order valence-corrected chi connectivity index (χ4v) is 1.62. The lowest BCUT2D eigenvalue weighted by Crippen LogP contribution is -1.95. The quantitative estimate of drug-likeness (QED) is 0.540. The predicted octanol–water partition coefficient (Wildman–Crippen LogP) is 1.43. The molecule has 0 atom stereocenters. The summed E-state index contributed by atoms with van der Waals surface area (Å²) in [6.07, 6.45) is 0.926. The summed E-state index contributed by atoms with van der Waals surface area (Å²) < 4.78 is 0. The second kappa shape index (κ2) is 2.80. The second-order valence-corrected chi connectivity index (χ2v) is 3.18. The maximum Gasteiger partial charge on any atom is 0.311 e. The van der Waals surface area contributed by atoms with Gasteiger partial charge in [0, 0.05) is 18.1 Å². The summed E-state index contributed by atoms with van der Waals surface area (Å²) in [6, 6.07) is 2.46. The average Bonchev–Trinajstić information content (AvgIpc) is 2.46. The summed E-state index contributed by atoms with van der Waals surface area (Å²) in [5, 5.41) is 19.7. The van der Waals surface area contributed by atoms with Gasteiger partial charge in [-0.25, -0.2) is 0 Å². The van der Waals surface area contributed by atoms with Gasteiger partial charge in [-0.3, -0.25) is 14.9 Å². The van der Waals surface area contributed by atoms with Gasteiger partial charge in [0.2, 0.25) is 0 Å². The molecule has 5 heteroatoms. The minimum absolute atomic E-state index is 0.0944. The number of nitro benzene ring substituents is 1. The Balaban J connectivity index is 2.62. The Labute approximate surface area is 79.1 Å². The van der Waals surface area contributed by atoms with Gasteiger partial charge in [0.05, 0.1) is 4.92 Å². The molecule has 1 aromatic rings. The lowest BCUT2D eigenvalue weighted by molar-refractivity contribution is -0.385. The first-order chi connectivity index (χ1) is 6.59. The highest BCUT2D eigenvalue weighted by Crippen LogP contribution is 2.33. The number of nitro groups is 1. The van der Waals surface area contributed by atoms with Gasteiger partial charge in [-0.15, -0.1) is 0 Å². The normalized spacial score (nSPS) is 14.1. The molecule has 0 heterocycles. The third-order valence-electron chi connectivity index (χ3n) is 2.32. The molecule has 0 amide bonds. The molecule has 0 saturated heterocycles. The van der Waals surface area contributed by atoms with Gasteiger partial charge in [0.25, 0.3) is 0 Å². The number of hydrogen-bond donors (Lipinski definition) is 1. The lowest BCUT2D eigenvalue weighted by atomic mass is 10.1. The fourth-order valence-electron chi connectivity index (χ4n) is 1.62. The van der Waals surface area contributed by atoms with E-state index < -0.39 is 10.6 Å². The van der Waals surface area contributed by atoms with Gasteiger partial charge in [-0.1, -0.05) is 0 Å². The van der Waals surface area contributed by atoms with Crippen LogP contribution in [0.5, 0.6) is 5.75 Å². The van der Waals surface area contributed by atoms with Crippen LogP contribution >= 0.6 is 0 Å². The van der Waals surface area contributed by atoms with Crippen molar-refractivity contribution in [2.75, 3.05) is 0 Å². The van der Waals surface area contributed by atoms with Crippen molar-refractivity contribution in [3.05, 3.63) is 33.4 Å². The highest BCUT2D eigenvalue weighted by molar-refractivity contribution is 6.01. The van der Waals surface area contributed by atoms with E-state index in [1.165, 1.54) is 6.07 Å². The fraction of sp³-hybridized carbons (Fsp3) is 0.222. The van der Waals surface area contributed by atoms with Gasteiger partial charge in [-0.2, -0.15) is 0 Å². The van der Waals surface area contributed by atoms with Crippen molar-refractivity contribution < 1.29 is 14.8 Å². The molecule has 2 rings (SSSR count). The van der Waals surface area contributed by atoms with Crippen LogP contribution in [-0.2, 0) is 6.42 Å². The summed E-state index contributed by atoms with van der Waals surface area (Å²) in [5.41, 5.74) is 0.659. The number of phenols is 1. The highest BCUT2D eigenvalue weighted by atomic mass is 16.6. The zero-order chi connectivity index (χ0) is 10.3. The van der Waals surface area contributed by atoms with Crippen LogP contribution in [0.4, 0.5) is 5.69 Å². The van der Waals surface area contributed by atoms with Gasteiger partial charge >= 0.3 is 5.69 Å². The number of aryl methyl sites for hydroxylation is 1. The maximum absolute atomic E-state index is 11.2. The summed E-state index contributed by atoms with van der Waals surface area (Å²) in [7, 11) is 0. The summed E-state index contributed by atoms with van der Waals surface area (Å²) >= 11 is 0. The summed E-state index contributed by atoms with van der Waals surface area (Å²) in [5.74, 6) is -0.466. The smallest absolute Gasteiger partial charge is 0.311 e. The van der Waals surface area contributed by atoms with E-state index in [4.69, 9.17) is 0 Å². The van der Waals surface area contributed by atoms with E-state index in [0.717, 1.165) is 6.07 Å². The molecule has 1 aliphatic rings. The van der Waals surface area contributed by atoms with Crippen LogP contribution in [0.15, 0.2) is 12.1 Å². The molecule has 1 N–H and O–H groups in total. The number of phenolic OH excluding ortho intramolecular Hbond substituents is 1. The van der Waals surface area contributed by atoms with Crippen molar-refractivity contribution in [2.45, 2.75) is 12.8 Å². The van der Waals surface area contributed by atoms with E-state index in [2.05, 4.69) is 0 Å². The van der Waals surface area contributed by atoms with Crippen LogP contribution in [0, 0.1) is 10.1 Å². The Morgan fingerprint density at radius 1 is 1.36 bits per heavy atom. The highest BCUT2D eigenvalue weighted by Gasteiger charge is 2.25. The third kappa shape index (κ3) is 1.14. The van der Waals surface area contributed by atoms with Crippen LogP contribution in [0.2, 0.25) is 0 Å². The third-order valence-corrected chi connectivity index (χ3v) is 2.32. The van der Waals surface area contributed by atoms with Crippen molar-refractivity contribution in [1.82, 2.24) is 0 Å². The number of rotatable bonds is 1. The van der Waals surface area contributed by atoms with Crippen molar-refractivity contribution in [1.29, 1.82) is 0 Å². The molecule has 5 nitrogen and oxygen atoms in total. The van der Waals surface area contributed by atoms with Crippen molar-refractivity contribution in [3.63, 3.8) is 0 Å². The number of hydrogen-bond acceptors (Lipinski definition) is 4. The molecule has 72 valence electrons. The number of fused-ring (bicyclic) bond motifs is 1. The van der Waals surface area contributed by atoms with Crippen LogP contribution in [0.25, 0.3) is 0 Å².